The Kier molecular flexibility index (Phi) is 32.4. The molecule has 0 saturated heterocycles. The fourth-order valence-corrected chi connectivity index (χ4v) is 0. The van der Waals surface area contributed by atoms with Crippen molar-refractivity contribution < 1.29 is 157 Å². The molecular formula is H2Cs2O4S2. The number of rotatable bonds is 0. The predicted molar refractivity (Wildman–Crippen MR) is 20.7 cm³/mol. The van der Waals surface area contributed by atoms with E-state index in [0.717, 1.165) is 0 Å². The zero-order chi connectivity index (χ0) is 4.50. The zero-order valence-electron chi connectivity index (χ0n) is 4.54. The molecule has 0 amide bonds. The van der Waals surface area contributed by atoms with Gasteiger partial charge in [0.2, 0.25) is 0 Å². The second-order valence-corrected chi connectivity index (χ2v) is 2.45. The maximum atomic E-state index is 8.89. The molecule has 0 saturated carbocycles. The summed E-state index contributed by atoms with van der Waals surface area (Å²) < 4.78 is 26.7. The van der Waals surface area contributed by atoms with Gasteiger partial charge in [-0.3, -0.25) is 4.21 Å². The van der Waals surface area contributed by atoms with Gasteiger partial charge in [-0.1, -0.05) is 0 Å². The van der Waals surface area contributed by atoms with E-state index in [-0.39, 0.29) is 143 Å². The second-order valence-electron chi connectivity index (χ2n) is 0.408. The van der Waals surface area contributed by atoms with Crippen molar-refractivity contribution in [1.29, 1.82) is 0 Å². The third kappa shape index (κ3) is 47.8. The smallest absolute Gasteiger partial charge is 0.780 e. The van der Waals surface area contributed by atoms with Gasteiger partial charge in [0, 0.05) is 0 Å². The van der Waals surface area contributed by atoms with Gasteiger partial charge in [0.15, 0.2) is 0 Å². The molecule has 8 heavy (non-hydrogen) atoms. The van der Waals surface area contributed by atoms with Gasteiger partial charge in [0.25, 0.3) is 0 Å². The molecule has 0 spiro atoms. The first-order chi connectivity index (χ1) is 2.00. The maximum absolute atomic E-state index is 8.89. The van der Waals surface area contributed by atoms with Gasteiger partial charge < -0.3 is 14.6 Å². The predicted octanol–water partition coefficient (Wildman–Crippen LogP) is -7.82. The van der Waals surface area contributed by atoms with Gasteiger partial charge >= 0.3 is 138 Å². The summed E-state index contributed by atoms with van der Waals surface area (Å²) in [6, 6.07) is 0. The first-order valence-electron chi connectivity index (χ1n) is 0.667. The van der Waals surface area contributed by atoms with E-state index in [9.17, 15) is 0 Å². The van der Waals surface area contributed by atoms with Crippen molar-refractivity contribution in [2.75, 3.05) is 0 Å². The summed E-state index contributed by atoms with van der Waals surface area (Å²) in [5.41, 5.74) is 0. The van der Waals surface area contributed by atoms with Crippen molar-refractivity contribution in [2.24, 2.45) is 0 Å². The van der Waals surface area contributed by atoms with E-state index in [1.165, 1.54) is 0 Å². The van der Waals surface area contributed by atoms with Crippen LogP contribution >= 0.6 is 0 Å². The Labute approximate surface area is 170 Å². The van der Waals surface area contributed by atoms with E-state index < -0.39 is 9.05 Å². The fourth-order valence-electron chi connectivity index (χ4n) is 0. The molecule has 0 bridgehead atoms. The molecule has 0 aromatic rings. The van der Waals surface area contributed by atoms with Crippen molar-refractivity contribution in [1.82, 2.24) is 0 Å². The Morgan fingerprint density at radius 1 is 1.25 bits per heavy atom. The molecule has 0 heterocycles. The van der Waals surface area contributed by atoms with Crippen LogP contribution in [0.2, 0.25) is 0 Å². The van der Waals surface area contributed by atoms with Gasteiger partial charge in [-0.15, -0.1) is 9.05 Å². The van der Waals surface area contributed by atoms with Crippen LogP contribution in [0.3, 0.4) is 0 Å². The molecule has 0 rings (SSSR count). The Morgan fingerprint density at radius 3 is 1.25 bits per heavy atom. The largest absolute Gasteiger partial charge is 1.00 e. The zero-order valence-corrected chi connectivity index (χ0v) is 18.7. The Balaban J connectivity index is -0.0000000267. The molecule has 0 aliphatic rings. The van der Waals surface area contributed by atoms with Gasteiger partial charge in [-0.25, -0.2) is 0 Å². The molecule has 40 valence electrons. The minimum absolute atomic E-state index is 0. The first-order valence-corrected chi connectivity index (χ1v) is 3.00. The summed E-state index contributed by atoms with van der Waals surface area (Å²) >= 11 is 3.24. The third-order valence-electron chi connectivity index (χ3n) is 0. The van der Waals surface area contributed by atoms with Crippen LogP contribution in [0.4, 0.5) is 0 Å². The van der Waals surface area contributed by atoms with Crippen LogP contribution in [0.15, 0.2) is 0 Å². The van der Waals surface area contributed by atoms with Crippen LogP contribution in [0, 0.1) is 0 Å². The van der Waals surface area contributed by atoms with Gasteiger partial charge in [-0.2, -0.15) is 0 Å². The van der Waals surface area contributed by atoms with Crippen LogP contribution in [0.5, 0.6) is 0 Å². The Morgan fingerprint density at radius 2 is 1.25 bits per heavy atom. The van der Waals surface area contributed by atoms with Crippen LogP contribution < -0.4 is 138 Å². The van der Waals surface area contributed by atoms with E-state index in [1.54, 1.807) is 0 Å². The van der Waals surface area contributed by atoms with Crippen molar-refractivity contribution >= 4 is 20.2 Å². The van der Waals surface area contributed by atoms with E-state index in [1.807, 2.05) is 0 Å². The molecule has 0 fully saturated rings. The number of hydrogen-bond acceptors (Lipinski definition) is 4. The van der Waals surface area contributed by atoms with E-state index in [0.29, 0.717) is 0 Å². The summed E-state index contributed by atoms with van der Waals surface area (Å²) in [5, 5.41) is 0. The van der Waals surface area contributed by atoms with E-state index in [4.69, 9.17) is 13.3 Å². The fraction of sp³-hybridized carbons (Fsp3) is 0. The summed E-state index contributed by atoms with van der Waals surface area (Å²) in [7, 11) is -4.33. The molecule has 8 heteroatoms. The maximum Gasteiger partial charge on any atom is 1.00 e. The van der Waals surface area contributed by atoms with Crippen LogP contribution in [0.25, 0.3) is 0 Å². The van der Waals surface area contributed by atoms with Gasteiger partial charge in [0.1, 0.15) is 0 Å². The van der Waals surface area contributed by atoms with E-state index >= 15 is 0 Å². The summed E-state index contributed by atoms with van der Waals surface area (Å²) in [6.45, 7) is 0. The molecule has 2 N–H and O–H groups in total. The molecule has 0 unspecified atom stereocenters. The Hall–Kier alpha value is 4.35. The molecule has 4 nitrogen and oxygen atoms in total. The quantitative estimate of drug-likeness (QED) is 0.407. The van der Waals surface area contributed by atoms with E-state index in [2.05, 4.69) is 11.2 Å². The van der Waals surface area contributed by atoms with Crippen LogP contribution in [-0.4, -0.2) is 18.8 Å². The number of hydrogen-bond donors (Lipinski definition) is 0. The monoisotopic (exact) mass is 396 g/mol. The topological polar surface area (TPSA) is 94.7 Å². The molecule has 0 aliphatic heterocycles. The summed E-state index contributed by atoms with van der Waals surface area (Å²) in [6.07, 6.45) is 0. The van der Waals surface area contributed by atoms with Crippen LogP contribution in [0.1, 0.15) is 0 Å². The molecular weight excluding hydrogens is 394 g/mol. The average molecular weight is 396 g/mol. The summed E-state index contributed by atoms with van der Waals surface area (Å²) in [5.74, 6) is 0. The van der Waals surface area contributed by atoms with Gasteiger partial charge in [-0.05, 0) is 11.2 Å². The SMILES string of the molecule is O.O=S([O-])([O-])=S.[Cs+].[Cs+]. The first kappa shape index (κ1) is 22.8. The third-order valence-corrected chi connectivity index (χ3v) is 0. The standard InChI is InChI=1S/2Cs.H2O3S2.H2O/c;;1-5(2,3)4;/h;;(H2,1,2,3,4);1H2/q2*+1;;/p-2. The second kappa shape index (κ2) is 11.4. The molecule has 0 aliphatic carbocycles. The molecule has 0 aromatic heterocycles. The Bertz CT molecular complexity index is 95.2. The normalized spacial score (nSPS) is 7.25. The van der Waals surface area contributed by atoms with Crippen molar-refractivity contribution in [3.8, 4) is 0 Å². The van der Waals surface area contributed by atoms with Crippen molar-refractivity contribution in [3.63, 3.8) is 0 Å². The molecule has 0 atom stereocenters. The van der Waals surface area contributed by atoms with Crippen molar-refractivity contribution in [2.45, 2.75) is 0 Å². The summed E-state index contributed by atoms with van der Waals surface area (Å²) in [4.78, 5) is 0. The van der Waals surface area contributed by atoms with Crippen molar-refractivity contribution in [3.05, 3.63) is 0 Å². The van der Waals surface area contributed by atoms with Gasteiger partial charge in [0.05, 0.1) is 0 Å². The molecule has 0 radical (unpaired) electrons. The average Bonchev–Trinajstić information content (AvgIpc) is 0.722. The van der Waals surface area contributed by atoms with Crippen LogP contribution in [-0.2, 0) is 20.2 Å². The minimum atomic E-state index is -4.33. The minimum Gasteiger partial charge on any atom is -0.780 e. The molecule has 0 aromatic carbocycles.